The van der Waals surface area contributed by atoms with E-state index in [2.05, 4.69) is 10.3 Å². The van der Waals surface area contributed by atoms with Gasteiger partial charge in [0.05, 0.1) is 17.4 Å². The van der Waals surface area contributed by atoms with Crippen molar-refractivity contribution in [3.63, 3.8) is 0 Å². The second-order valence-electron chi connectivity index (χ2n) is 5.92. The number of ether oxygens (including phenoxy) is 1. The Morgan fingerprint density at radius 3 is 2.93 bits per heavy atom. The molecule has 0 unspecified atom stereocenters. The van der Waals surface area contributed by atoms with E-state index < -0.39 is 5.97 Å². The average Bonchev–Trinajstić information content (AvgIpc) is 3.08. The molecule has 2 aromatic carbocycles. The van der Waals surface area contributed by atoms with Crippen LogP contribution in [0.4, 0.5) is 5.69 Å². The van der Waals surface area contributed by atoms with Gasteiger partial charge in [-0.25, -0.2) is 9.78 Å². The highest BCUT2D eigenvalue weighted by molar-refractivity contribution is 7.99. The Labute approximate surface area is 159 Å². The number of carbonyl (C=O) groups is 2. The Morgan fingerprint density at radius 2 is 2.07 bits per heavy atom. The summed E-state index contributed by atoms with van der Waals surface area (Å²) in [5.41, 5.74) is 1.91. The van der Waals surface area contributed by atoms with Crippen molar-refractivity contribution in [2.75, 3.05) is 11.1 Å². The Balaban J connectivity index is 1.43. The highest BCUT2D eigenvalue weighted by Gasteiger charge is 2.17. The number of anilines is 1. The molecule has 0 saturated carbocycles. The monoisotopic (exact) mass is 380 g/mol. The van der Waals surface area contributed by atoms with Crippen molar-refractivity contribution >= 4 is 29.3 Å². The molecule has 1 aliphatic heterocycles. The second-order valence-corrected chi connectivity index (χ2v) is 7.05. The zero-order valence-corrected chi connectivity index (χ0v) is 15.1. The summed E-state index contributed by atoms with van der Waals surface area (Å²) in [6.45, 7) is -0.0656. The van der Waals surface area contributed by atoms with Crippen LogP contribution in [0.3, 0.4) is 0 Å². The third kappa shape index (κ3) is 4.03. The Bertz CT molecular complexity index is 985. The second kappa shape index (κ2) is 7.67. The van der Waals surface area contributed by atoms with E-state index in [9.17, 15) is 9.59 Å². The maximum Gasteiger partial charge on any atom is 0.338 e. The first-order valence-corrected chi connectivity index (χ1v) is 9.41. The molecule has 1 N–H and O–H groups in total. The highest BCUT2D eigenvalue weighted by atomic mass is 32.2. The number of aromatic nitrogens is 1. The molecule has 0 bridgehead atoms. The van der Waals surface area contributed by atoms with Crippen molar-refractivity contribution in [2.45, 2.75) is 17.9 Å². The van der Waals surface area contributed by atoms with Crippen LogP contribution in [0.25, 0.3) is 11.3 Å². The number of nitrogens with zero attached hydrogens (tertiary/aromatic N) is 1. The van der Waals surface area contributed by atoms with E-state index in [1.165, 1.54) is 0 Å². The quantitative estimate of drug-likeness (QED) is 0.686. The topological polar surface area (TPSA) is 81.4 Å². The van der Waals surface area contributed by atoms with Gasteiger partial charge < -0.3 is 14.5 Å². The summed E-state index contributed by atoms with van der Waals surface area (Å²) in [5.74, 6) is 1.10. The van der Waals surface area contributed by atoms with Crippen LogP contribution < -0.4 is 5.32 Å². The summed E-state index contributed by atoms with van der Waals surface area (Å²) in [6.07, 6.45) is 2.06. The first-order chi connectivity index (χ1) is 13.2. The van der Waals surface area contributed by atoms with Crippen LogP contribution in [0.5, 0.6) is 0 Å². The summed E-state index contributed by atoms with van der Waals surface area (Å²) < 4.78 is 10.9. The number of thioether (sulfide) groups is 1. The van der Waals surface area contributed by atoms with Crippen molar-refractivity contribution in [3.8, 4) is 11.3 Å². The van der Waals surface area contributed by atoms with Gasteiger partial charge in [-0.3, -0.25) is 4.79 Å². The van der Waals surface area contributed by atoms with E-state index in [4.69, 9.17) is 9.15 Å². The summed E-state index contributed by atoms with van der Waals surface area (Å²) in [7, 11) is 0. The molecule has 0 fully saturated rings. The molecule has 0 saturated heterocycles. The van der Waals surface area contributed by atoms with E-state index in [1.807, 2.05) is 36.4 Å². The largest absolute Gasteiger partial charge is 0.452 e. The Morgan fingerprint density at radius 1 is 1.22 bits per heavy atom. The normalized spacial score (nSPS) is 13.4. The lowest BCUT2D eigenvalue weighted by Gasteiger charge is -2.08. The molecule has 3 aromatic rings. The number of oxazole rings is 1. The third-order valence-corrected chi connectivity index (χ3v) is 5.09. The van der Waals surface area contributed by atoms with Crippen molar-refractivity contribution in [3.05, 3.63) is 66.2 Å². The molecule has 7 heteroatoms. The first-order valence-electron chi connectivity index (χ1n) is 8.43. The number of rotatable bonds is 4. The van der Waals surface area contributed by atoms with Crippen LogP contribution in [0.1, 0.15) is 22.7 Å². The minimum absolute atomic E-state index is 0.0556. The molecule has 0 radical (unpaired) electrons. The van der Waals surface area contributed by atoms with Crippen LogP contribution in [0.2, 0.25) is 0 Å². The van der Waals surface area contributed by atoms with Crippen LogP contribution >= 0.6 is 11.8 Å². The van der Waals surface area contributed by atoms with E-state index >= 15 is 0 Å². The van der Waals surface area contributed by atoms with Gasteiger partial charge in [-0.05, 0) is 18.2 Å². The number of esters is 1. The molecule has 1 aliphatic rings. The number of amides is 1. The van der Waals surface area contributed by atoms with Gasteiger partial charge in [-0.1, -0.05) is 30.3 Å². The summed E-state index contributed by atoms with van der Waals surface area (Å²) in [6, 6.07) is 14.7. The van der Waals surface area contributed by atoms with E-state index in [0.717, 1.165) is 16.2 Å². The summed E-state index contributed by atoms with van der Waals surface area (Å²) in [5, 5.41) is 2.81. The molecular weight excluding hydrogens is 364 g/mol. The lowest BCUT2D eigenvalue weighted by molar-refractivity contribution is -0.115. The smallest absolute Gasteiger partial charge is 0.338 e. The minimum atomic E-state index is -0.499. The van der Waals surface area contributed by atoms with E-state index in [1.54, 1.807) is 30.1 Å². The van der Waals surface area contributed by atoms with E-state index in [0.29, 0.717) is 29.3 Å². The number of fused-ring (bicyclic) bond motifs is 1. The van der Waals surface area contributed by atoms with Crippen molar-refractivity contribution < 1.29 is 18.7 Å². The van der Waals surface area contributed by atoms with Crippen molar-refractivity contribution in [1.29, 1.82) is 0 Å². The molecule has 0 atom stereocenters. The Hall–Kier alpha value is -3.06. The van der Waals surface area contributed by atoms with Crippen LogP contribution in [0.15, 0.2) is 64.0 Å². The van der Waals surface area contributed by atoms with Crippen LogP contribution in [0, 0.1) is 0 Å². The number of carbonyl (C=O) groups excluding carboxylic acids is 2. The van der Waals surface area contributed by atoms with Gasteiger partial charge in [0.1, 0.15) is 0 Å². The average molecular weight is 380 g/mol. The van der Waals surface area contributed by atoms with Gasteiger partial charge in [0.2, 0.25) is 11.8 Å². The van der Waals surface area contributed by atoms with Gasteiger partial charge in [-0.15, -0.1) is 11.8 Å². The fourth-order valence-electron chi connectivity index (χ4n) is 2.67. The van der Waals surface area contributed by atoms with Gasteiger partial charge in [0.25, 0.3) is 0 Å². The maximum absolute atomic E-state index is 12.3. The predicted molar refractivity (Wildman–Crippen MR) is 101 cm³/mol. The SMILES string of the molecule is O=C1CCSc2ccc(C(=O)OCc3ncc(-c4ccccc4)o3)cc2N1. The standard InChI is InChI=1S/C20H16N2O4S/c23-18-8-9-27-17-7-6-14(10-15(17)22-18)20(24)25-12-19-21-11-16(26-19)13-4-2-1-3-5-13/h1-7,10-11H,8-9,12H2,(H,22,23). The molecular formula is C20H16N2O4S. The van der Waals surface area contributed by atoms with Gasteiger partial charge >= 0.3 is 5.97 Å². The molecule has 27 heavy (non-hydrogen) atoms. The minimum Gasteiger partial charge on any atom is -0.452 e. The first kappa shape index (κ1) is 17.4. The fourth-order valence-corrected chi connectivity index (χ4v) is 3.61. The lowest BCUT2D eigenvalue weighted by atomic mass is 10.2. The number of nitrogens with one attached hydrogen (secondary N) is 1. The lowest BCUT2D eigenvalue weighted by Crippen LogP contribution is -2.11. The van der Waals surface area contributed by atoms with Gasteiger partial charge in [0, 0.05) is 22.6 Å². The number of hydrogen-bond donors (Lipinski definition) is 1. The number of hydrogen-bond acceptors (Lipinski definition) is 6. The molecule has 136 valence electrons. The van der Waals surface area contributed by atoms with Crippen molar-refractivity contribution in [2.24, 2.45) is 0 Å². The Kier molecular flexibility index (Phi) is 4.93. The molecule has 1 amide bonds. The zero-order chi connectivity index (χ0) is 18.6. The fraction of sp³-hybridized carbons (Fsp3) is 0.150. The summed E-state index contributed by atoms with van der Waals surface area (Å²) in [4.78, 5) is 29.1. The van der Waals surface area contributed by atoms with E-state index in [-0.39, 0.29) is 12.5 Å². The highest BCUT2D eigenvalue weighted by Crippen LogP contribution is 2.31. The maximum atomic E-state index is 12.3. The molecule has 0 spiro atoms. The van der Waals surface area contributed by atoms with Crippen molar-refractivity contribution in [1.82, 2.24) is 4.98 Å². The van der Waals surface area contributed by atoms with Gasteiger partial charge in [-0.2, -0.15) is 0 Å². The van der Waals surface area contributed by atoms with Crippen LogP contribution in [-0.4, -0.2) is 22.6 Å². The van der Waals surface area contributed by atoms with Gasteiger partial charge in [0.15, 0.2) is 12.4 Å². The molecule has 4 rings (SSSR count). The zero-order valence-electron chi connectivity index (χ0n) is 14.3. The van der Waals surface area contributed by atoms with Crippen LogP contribution in [-0.2, 0) is 16.1 Å². The summed E-state index contributed by atoms with van der Waals surface area (Å²) >= 11 is 1.58. The number of benzene rings is 2. The molecule has 6 nitrogen and oxygen atoms in total. The molecule has 2 heterocycles. The molecule has 0 aliphatic carbocycles. The third-order valence-electron chi connectivity index (χ3n) is 4.01. The molecule has 1 aromatic heterocycles. The predicted octanol–water partition coefficient (Wildman–Crippen LogP) is 4.13.